The zero-order valence-corrected chi connectivity index (χ0v) is 16.7. The Morgan fingerprint density at radius 2 is 1.36 bits per heavy atom. The average Bonchev–Trinajstić information content (AvgIpc) is 2.59. The number of unbranched alkanes of at least 4 members (excludes halogenated alkanes) is 8. The molecule has 0 amide bonds. The predicted molar refractivity (Wildman–Crippen MR) is 107 cm³/mol. The molecule has 0 aromatic heterocycles. The molecule has 1 N–H and O–H groups in total. The Bertz CT molecular complexity index is 541. The number of ether oxygens (including phenoxy) is 1. The zero-order chi connectivity index (χ0) is 18.4. The van der Waals surface area contributed by atoms with Crippen molar-refractivity contribution >= 4 is 15.7 Å². The summed E-state index contributed by atoms with van der Waals surface area (Å²) in [5, 5.41) is 0. The normalized spacial score (nSPS) is 11.4. The molecule has 0 saturated heterocycles. The molecule has 0 unspecified atom stereocenters. The zero-order valence-electron chi connectivity index (χ0n) is 15.9. The Labute approximate surface area is 154 Å². The first kappa shape index (κ1) is 21.8. The van der Waals surface area contributed by atoms with Gasteiger partial charge in [0.1, 0.15) is 5.75 Å². The molecule has 1 aromatic rings. The molecule has 0 atom stereocenters. The summed E-state index contributed by atoms with van der Waals surface area (Å²) in [5.41, 5.74) is 0.599. The van der Waals surface area contributed by atoms with Crippen LogP contribution >= 0.6 is 0 Å². The van der Waals surface area contributed by atoms with Crippen molar-refractivity contribution < 1.29 is 13.2 Å². The second kappa shape index (κ2) is 13.0. The highest BCUT2D eigenvalue weighted by Crippen LogP contribution is 2.17. The molecule has 0 aliphatic rings. The van der Waals surface area contributed by atoms with Crippen molar-refractivity contribution in [1.29, 1.82) is 0 Å². The summed E-state index contributed by atoms with van der Waals surface area (Å²) in [7, 11) is -3.26. The fourth-order valence-electron chi connectivity index (χ4n) is 2.61. The first-order chi connectivity index (χ1) is 12.1. The van der Waals surface area contributed by atoms with E-state index in [0.29, 0.717) is 12.3 Å². The van der Waals surface area contributed by atoms with E-state index in [2.05, 4.69) is 18.6 Å². The fourth-order valence-corrected chi connectivity index (χ4v) is 3.79. The van der Waals surface area contributed by atoms with Gasteiger partial charge in [0.05, 0.1) is 12.4 Å². The first-order valence-electron chi connectivity index (χ1n) is 9.80. The second-order valence-corrected chi connectivity index (χ2v) is 8.46. The van der Waals surface area contributed by atoms with Crippen molar-refractivity contribution in [2.75, 3.05) is 17.1 Å². The standard InChI is InChI=1S/C20H35NO3S/c1-3-5-7-8-9-10-11-12-18-25(22,23)21-19-13-15-20(16-14-19)24-17-6-4-2/h13-16,21H,3-12,17-18H2,1-2H3. The maximum absolute atomic E-state index is 12.1. The Morgan fingerprint density at radius 1 is 0.800 bits per heavy atom. The van der Waals surface area contributed by atoms with E-state index >= 15 is 0 Å². The van der Waals surface area contributed by atoms with E-state index in [0.717, 1.165) is 37.9 Å². The molecule has 4 nitrogen and oxygen atoms in total. The van der Waals surface area contributed by atoms with E-state index in [4.69, 9.17) is 4.74 Å². The van der Waals surface area contributed by atoms with Gasteiger partial charge >= 0.3 is 0 Å². The van der Waals surface area contributed by atoms with Crippen LogP contribution in [0, 0.1) is 0 Å². The Kier molecular flexibility index (Phi) is 11.4. The van der Waals surface area contributed by atoms with Crippen LogP contribution in [0.3, 0.4) is 0 Å². The molecule has 25 heavy (non-hydrogen) atoms. The molecule has 0 radical (unpaired) electrons. The summed E-state index contributed by atoms with van der Waals surface area (Å²) in [4.78, 5) is 0. The van der Waals surface area contributed by atoms with Crippen molar-refractivity contribution in [2.45, 2.75) is 78.1 Å². The molecule has 0 saturated carbocycles. The van der Waals surface area contributed by atoms with Crippen LogP contribution in [0.15, 0.2) is 24.3 Å². The quantitative estimate of drug-likeness (QED) is 0.401. The number of hydrogen-bond acceptors (Lipinski definition) is 3. The number of nitrogens with one attached hydrogen (secondary N) is 1. The topological polar surface area (TPSA) is 55.4 Å². The summed E-state index contributed by atoms with van der Waals surface area (Å²) in [6.45, 7) is 5.03. The summed E-state index contributed by atoms with van der Waals surface area (Å²) < 4.78 is 32.5. The van der Waals surface area contributed by atoms with Crippen LogP contribution in [0.1, 0.15) is 78.1 Å². The van der Waals surface area contributed by atoms with E-state index in [-0.39, 0.29) is 5.75 Å². The first-order valence-corrected chi connectivity index (χ1v) is 11.5. The number of hydrogen-bond donors (Lipinski definition) is 1. The highest BCUT2D eigenvalue weighted by atomic mass is 32.2. The van der Waals surface area contributed by atoms with E-state index in [1.807, 2.05) is 12.1 Å². The van der Waals surface area contributed by atoms with Crippen LogP contribution in [0.25, 0.3) is 0 Å². The largest absolute Gasteiger partial charge is 0.494 e. The molecule has 0 aliphatic heterocycles. The van der Waals surface area contributed by atoms with Gasteiger partial charge in [0.25, 0.3) is 0 Å². The highest BCUT2D eigenvalue weighted by molar-refractivity contribution is 7.92. The van der Waals surface area contributed by atoms with Crippen molar-refractivity contribution in [3.8, 4) is 5.75 Å². The SMILES string of the molecule is CCCCCCCCCCS(=O)(=O)Nc1ccc(OCCCC)cc1. The minimum atomic E-state index is -3.26. The number of sulfonamides is 1. The van der Waals surface area contributed by atoms with Crippen molar-refractivity contribution in [1.82, 2.24) is 0 Å². The molecule has 0 fully saturated rings. The molecule has 1 rings (SSSR count). The van der Waals surface area contributed by atoms with Gasteiger partial charge < -0.3 is 4.74 Å². The third-order valence-corrected chi connectivity index (χ3v) is 5.53. The van der Waals surface area contributed by atoms with Gasteiger partial charge in [-0.05, 0) is 37.1 Å². The van der Waals surface area contributed by atoms with Crippen molar-refractivity contribution in [3.63, 3.8) is 0 Å². The lowest BCUT2D eigenvalue weighted by molar-refractivity contribution is 0.309. The van der Waals surface area contributed by atoms with Gasteiger partial charge in [-0.3, -0.25) is 4.72 Å². The summed E-state index contributed by atoms with van der Waals surface area (Å²) in [5.74, 6) is 0.968. The third-order valence-electron chi connectivity index (χ3n) is 4.16. The van der Waals surface area contributed by atoms with Crippen molar-refractivity contribution in [3.05, 3.63) is 24.3 Å². The molecule has 144 valence electrons. The van der Waals surface area contributed by atoms with Crippen LogP contribution in [-0.2, 0) is 10.0 Å². The summed E-state index contributed by atoms with van der Waals surface area (Å²) in [6, 6.07) is 7.13. The molecule has 1 aromatic carbocycles. The van der Waals surface area contributed by atoms with Gasteiger partial charge in [-0.15, -0.1) is 0 Å². The van der Waals surface area contributed by atoms with E-state index in [1.165, 1.54) is 32.1 Å². The van der Waals surface area contributed by atoms with Gasteiger partial charge in [0.2, 0.25) is 10.0 Å². The predicted octanol–water partition coefficient (Wildman–Crippen LogP) is 5.75. The van der Waals surface area contributed by atoms with Crippen LogP contribution in [0.5, 0.6) is 5.75 Å². The van der Waals surface area contributed by atoms with Gasteiger partial charge in [0.15, 0.2) is 0 Å². The maximum atomic E-state index is 12.1. The number of anilines is 1. The monoisotopic (exact) mass is 369 g/mol. The minimum absolute atomic E-state index is 0.191. The molecule has 0 spiro atoms. The second-order valence-electron chi connectivity index (χ2n) is 6.62. The molecule has 0 aliphatic carbocycles. The van der Waals surface area contributed by atoms with Gasteiger partial charge in [-0.2, -0.15) is 0 Å². The molecule has 0 heterocycles. The lowest BCUT2D eigenvalue weighted by Crippen LogP contribution is -2.16. The Hall–Kier alpha value is -1.23. The maximum Gasteiger partial charge on any atom is 0.232 e. The molecule has 0 bridgehead atoms. The van der Waals surface area contributed by atoms with Gasteiger partial charge in [0, 0.05) is 5.69 Å². The molecule has 5 heteroatoms. The Morgan fingerprint density at radius 3 is 1.96 bits per heavy atom. The third kappa shape index (κ3) is 11.1. The van der Waals surface area contributed by atoms with E-state index in [1.54, 1.807) is 12.1 Å². The van der Waals surface area contributed by atoms with E-state index in [9.17, 15) is 8.42 Å². The summed E-state index contributed by atoms with van der Waals surface area (Å²) >= 11 is 0. The number of rotatable bonds is 15. The lowest BCUT2D eigenvalue weighted by atomic mass is 10.1. The molecular formula is C20H35NO3S. The van der Waals surface area contributed by atoms with Crippen LogP contribution < -0.4 is 9.46 Å². The highest BCUT2D eigenvalue weighted by Gasteiger charge is 2.10. The summed E-state index contributed by atoms with van der Waals surface area (Å²) in [6.07, 6.45) is 11.3. The lowest BCUT2D eigenvalue weighted by Gasteiger charge is -2.09. The van der Waals surface area contributed by atoms with Crippen LogP contribution in [0.2, 0.25) is 0 Å². The van der Waals surface area contributed by atoms with Crippen molar-refractivity contribution in [2.24, 2.45) is 0 Å². The Balaban J connectivity index is 2.23. The van der Waals surface area contributed by atoms with Crippen LogP contribution in [0.4, 0.5) is 5.69 Å². The average molecular weight is 370 g/mol. The smallest absolute Gasteiger partial charge is 0.232 e. The molecular weight excluding hydrogens is 334 g/mol. The fraction of sp³-hybridized carbons (Fsp3) is 0.700. The van der Waals surface area contributed by atoms with Gasteiger partial charge in [-0.1, -0.05) is 65.2 Å². The van der Waals surface area contributed by atoms with E-state index < -0.39 is 10.0 Å². The number of benzene rings is 1. The van der Waals surface area contributed by atoms with Gasteiger partial charge in [-0.25, -0.2) is 8.42 Å². The van der Waals surface area contributed by atoms with Crippen LogP contribution in [-0.4, -0.2) is 20.8 Å². The minimum Gasteiger partial charge on any atom is -0.494 e.